The lowest BCUT2D eigenvalue weighted by Crippen LogP contribution is -2.43. The highest BCUT2D eigenvalue weighted by molar-refractivity contribution is 6.31. The lowest BCUT2D eigenvalue weighted by Gasteiger charge is -2.41. The zero-order chi connectivity index (χ0) is 19.3. The van der Waals surface area contributed by atoms with Crippen molar-refractivity contribution in [3.05, 3.63) is 58.7 Å². The molecular formula is C21H26ClN3O2. The Morgan fingerprint density at radius 2 is 2.04 bits per heavy atom. The van der Waals surface area contributed by atoms with Crippen LogP contribution >= 0.6 is 11.6 Å². The quantitative estimate of drug-likeness (QED) is 0.798. The van der Waals surface area contributed by atoms with Gasteiger partial charge in [0, 0.05) is 48.4 Å². The number of carbonyl (C=O) groups is 1. The zero-order valence-electron chi connectivity index (χ0n) is 15.6. The van der Waals surface area contributed by atoms with Crippen LogP contribution < -0.4 is 10.2 Å². The summed E-state index contributed by atoms with van der Waals surface area (Å²) in [5, 5.41) is 13.7. The van der Waals surface area contributed by atoms with Gasteiger partial charge in [-0.15, -0.1) is 0 Å². The van der Waals surface area contributed by atoms with Gasteiger partial charge in [0.05, 0.1) is 0 Å². The Balaban J connectivity index is 1.69. The van der Waals surface area contributed by atoms with Crippen LogP contribution in [0.25, 0.3) is 0 Å². The molecule has 0 radical (unpaired) electrons. The van der Waals surface area contributed by atoms with E-state index in [0.717, 1.165) is 48.8 Å². The van der Waals surface area contributed by atoms with Gasteiger partial charge in [0.2, 0.25) is 0 Å². The van der Waals surface area contributed by atoms with Crippen molar-refractivity contribution in [3.8, 4) is 0 Å². The van der Waals surface area contributed by atoms with E-state index in [1.54, 1.807) is 12.3 Å². The van der Waals surface area contributed by atoms with Gasteiger partial charge in [-0.25, -0.2) is 4.98 Å². The van der Waals surface area contributed by atoms with Gasteiger partial charge < -0.3 is 15.3 Å². The summed E-state index contributed by atoms with van der Waals surface area (Å²) in [6.07, 6.45) is 4.14. The van der Waals surface area contributed by atoms with Gasteiger partial charge in [0.15, 0.2) is 0 Å². The minimum Gasteiger partial charge on any atom is -0.396 e. The van der Waals surface area contributed by atoms with E-state index in [-0.39, 0.29) is 17.9 Å². The Labute approximate surface area is 165 Å². The minimum atomic E-state index is -0.168. The van der Waals surface area contributed by atoms with Gasteiger partial charge >= 0.3 is 0 Å². The van der Waals surface area contributed by atoms with Crippen LogP contribution in [0.4, 0.5) is 5.82 Å². The van der Waals surface area contributed by atoms with Crippen LogP contribution in [-0.2, 0) is 6.42 Å². The molecule has 0 unspecified atom stereocenters. The van der Waals surface area contributed by atoms with Crippen molar-refractivity contribution in [1.29, 1.82) is 0 Å². The Morgan fingerprint density at radius 1 is 1.30 bits per heavy atom. The Morgan fingerprint density at radius 3 is 2.70 bits per heavy atom. The fourth-order valence-electron chi connectivity index (χ4n) is 3.64. The van der Waals surface area contributed by atoms with Gasteiger partial charge in [-0.1, -0.05) is 29.8 Å². The number of aromatic nitrogens is 1. The van der Waals surface area contributed by atoms with Crippen molar-refractivity contribution in [2.24, 2.45) is 5.41 Å². The lowest BCUT2D eigenvalue weighted by atomic mass is 9.74. The monoisotopic (exact) mass is 387 g/mol. The highest BCUT2D eigenvalue weighted by atomic mass is 35.5. The third kappa shape index (κ3) is 4.60. The molecule has 1 aromatic carbocycles. The number of hydrogen-bond acceptors (Lipinski definition) is 4. The fraction of sp³-hybridized carbons (Fsp3) is 0.429. The van der Waals surface area contributed by atoms with Crippen molar-refractivity contribution in [2.75, 3.05) is 31.1 Å². The normalized spacial score (nSPS) is 16.2. The molecule has 6 heteroatoms. The lowest BCUT2D eigenvalue weighted by molar-refractivity contribution is 0.0954. The first kappa shape index (κ1) is 19.6. The number of benzene rings is 1. The number of pyridine rings is 1. The van der Waals surface area contributed by atoms with E-state index in [0.29, 0.717) is 12.1 Å². The standard InChI is InChI=1S/C21H26ClN3O2/c1-2-23-20(27)16-7-10-24-19(13-16)25-11-8-21(15-26,9-12-25)14-17-5-3-4-6-18(17)22/h3-7,10,13,26H,2,8-9,11-12,14-15H2,1H3,(H,23,27). The van der Waals surface area contributed by atoms with Crippen LogP contribution in [0.1, 0.15) is 35.7 Å². The molecule has 1 saturated heterocycles. The molecule has 1 fully saturated rings. The maximum absolute atomic E-state index is 12.1. The van der Waals surface area contributed by atoms with E-state index in [1.165, 1.54) is 0 Å². The topological polar surface area (TPSA) is 65.5 Å². The van der Waals surface area contributed by atoms with Crippen LogP contribution in [-0.4, -0.2) is 42.2 Å². The van der Waals surface area contributed by atoms with Crippen LogP contribution in [0.2, 0.25) is 5.02 Å². The number of anilines is 1. The first-order chi connectivity index (χ1) is 13.1. The number of hydrogen-bond donors (Lipinski definition) is 2. The molecule has 2 N–H and O–H groups in total. The number of amides is 1. The smallest absolute Gasteiger partial charge is 0.251 e. The van der Waals surface area contributed by atoms with Crippen LogP contribution in [0.3, 0.4) is 0 Å². The summed E-state index contributed by atoms with van der Waals surface area (Å²) < 4.78 is 0. The van der Waals surface area contributed by atoms with E-state index in [2.05, 4.69) is 15.2 Å². The first-order valence-electron chi connectivity index (χ1n) is 9.40. The largest absolute Gasteiger partial charge is 0.396 e. The van der Waals surface area contributed by atoms with E-state index >= 15 is 0 Å². The summed E-state index contributed by atoms with van der Waals surface area (Å²) in [6.45, 7) is 4.21. The highest BCUT2D eigenvalue weighted by Crippen LogP contribution is 2.37. The van der Waals surface area contributed by atoms with Gasteiger partial charge in [-0.3, -0.25) is 4.79 Å². The molecule has 0 saturated carbocycles. The van der Waals surface area contributed by atoms with Gasteiger partial charge in [-0.2, -0.15) is 0 Å². The van der Waals surface area contributed by atoms with Crippen molar-refractivity contribution in [2.45, 2.75) is 26.2 Å². The second-order valence-corrected chi connectivity index (χ2v) is 7.58. The van der Waals surface area contributed by atoms with Crippen LogP contribution in [0.15, 0.2) is 42.6 Å². The predicted molar refractivity (Wildman–Crippen MR) is 108 cm³/mol. The van der Waals surface area contributed by atoms with Gasteiger partial charge in [0.1, 0.15) is 5.82 Å². The summed E-state index contributed by atoms with van der Waals surface area (Å²) >= 11 is 6.32. The molecule has 144 valence electrons. The molecule has 1 aliphatic heterocycles. The van der Waals surface area contributed by atoms with Crippen molar-refractivity contribution < 1.29 is 9.90 Å². The molecule has 0 spiro atoms. The Bertz CT molecular complexity index is 789. The molecule has 1 aliphatic rings. The zero-order valence-corrected chi connectivity index (χ0v) is 16.4. The summed E-state index contributed by atoms with van der Waals surface area (Å²) in [4.78, 5) is 18.7. The number of aliphatic hydroxyl groups is 1. The number of rotatable bonds is 6. The first-order valence-corrected chi connectivity index (χ1v) is 9.78. The second kappa shape index (κ2) is 8.72. The maximum Gasteiger partial charge on any atom is 0.251 e. The van der Waals surface area contributed by atoms with E-state index in [4.69, 9.17) is 11.6 Å². The third-order valence-electron chi connectivity index (χ3n) is 5.35. The van der Waals surface area contributed by atoms with E-state index in [1.807, 2.05) is 37.3 Å². The molecule has 5 nitrogen and oxygen atoms in total. The summed E-state index contributed by atoms with van der Waals surface area (Å²) in [5.74, 6) is 0.727. The van der Waals surface area contributed by atoms with Gasteiger partial charge in [0.25, 0.3) is 5.91 Å². The number of nitrogens with one attached hydrogen (secondary N) is 1. The molecule has 0 bridgehead atoms. The van der Waals surface area contributed by atoms with E-state index < -0.39 is 0 Å². The van der Waals surface area contributed by atoms with Crippen molar-refractivity contribution in [1.82, 2.24) is 10.3 Å². The molecule has 3 rings (SSSR count). The summed E-state index contributed by atoms with van der Waals surface area (Å²) in [6, 6.07) is 11.4. The molecule has 2 heterocycles. The Hall–Kier alpha value is -2.11. The third-order valence-corrected chi connectivity index (χ3v) is 5.72. The Kier molecular flexibility index (Phi) is 6.34. The van der Waals surface area contributed by atoms with Gasteiger partial charge in [-0.05, 0) is 49.9 Å². The number of halogens is 1. The number of carbonyl (C=O) groups excluding carboxylic acids is 1. The van der Waals surface area contributed by atoms with Crippen LogP contribution in [0, 0.1) is 5.41 Å². The summed E-state index contributed by atoms with van der Waals surface area (Å²) in [7, 11) is 0. The maximum atomic E-state index is 12.1. The SMILES string of the molecule is CCNC(=O)c1ccnc(N2CCC(CO)(Cc3ccccc3Cl)CC2)c1. The molecule has 1 amide bonds. The molecule has 2 aromatic rings. The minimum absolute atomic E-state index is 0.0819. The number of nitrogens with zero attached hydrogens (tertiary/aromatic N) is 2. The molecular weight excluding hydrogens is 362 g/mol. The average molecular weight is 388 g/mol. The summed E-state index contributed by atoms with van der Waals surface area (Å²) in [5.41, 5.74) is 1.54. The predicted octanol–water partition coefficient (Wildman–Crippen LogP) is 3.31. The molecule has 0 aliphatic carbocycles. The second-order valence-electron chi connectivity index (χ2n) is 7.18. The molecule has 1 aromatic heterocycles. The van der Waals surface area contributed by atoms with Crippen molar-refractivity contribution >= 4 is 23.3 Å². The number of aliphatic hydroxyl groups excluding tert-OH is 1. The van der Waals surface area contributed by atoms with E-state index in [9.17, 15) is 9.90 Å². The number of piperidine rings is 1. The highest BCUT2D eigenvalue weighted by Gasteiger charge is 2.35. The molecule has 0 atom stereocenters. The molecule has 27 heavy (non-hydrogen) atoms. The van der Waals surface area contributed by atoms with Crippen molar-refractivity contribution in [3.63, 3.8) is 0 Å². The average Bonchev–Trinajstić information content (AvgIpc) is 2.70. The fourth-order valence-corrected chi connectivity index (χ4v) is 3.84. The van der Waals surface area contributed by atoms with Crippen LogP contribution in [0.5, 0.6) is 0 Å².